The SMILES string of the molecule is CCCCCCCCCCCCCCC1COC(COC(=O)CCCCCN2C=CSC2OS(=O)(=O)c2ccc(C)cc2)C1. The van der Waals surface area contributed by atoms with E-state index in [0.29, 0.717) is 25.5 Å². The van der Waals surface area contributed by atoms with Crippen LogP contribution in [-0.2, 0) is 28.6 Å². The topological polar surface area (TPSA) is 82.1 Å². The van der Waals surface area contributed by atoms with Crippen LogP contribution >= 0.6 is 11.8 Å². The lowest BCUT2D eigenvalue weighted by Crippen LogP contribution is -2.30. The summed E-state index contributed by atoms with van der Waals surface area (Å²) in [5.41, 5.74) is 0.383. The van der Waals surface area contributed by atoms with Gasteiger partial charge in [-0.15, -0.1) is 0 Å². The molecule has 0 bridgehead atoms. The second-order valence-electron chi connectivity index (χ2n) is 12.6. The second kappa shape index (κ2) is 21.3. The number of carbonyl (C=O) groups excluding carboxylic acids is 1. The molecule has 0 aromatic heterocycles. The van der Waals surface area contributed by atoms with E-state index in [1.165, 1.54) is 95.2 Å². The van der Waals surface area contributed by atoms with Gasteiger partial charge in [-0.05, 0) is 56.1 Å². The lowest BCUT2D eigenvalue weighted by Gasteiger charge is -2.24. The van der Waals surface area contributed by atoms with Gasteiger partial charge in [-0.3, -0.25) is 4.79 Å². The largest absolute Gasteiger partial charge is 0.463 e. The van der Waals surface area contributed by atoms with Gasteiger partial charge in [-0.25, -0.2) is 4.18 Å². The van der Waals surface area contributed by atoms with Crippen molar-refractivity contribution in [2.24, 2.45) is 5.92 Å². The molecule has 0 aliphatic carbocycles. The minimum Gasteiger partial charge on any atom is -0.463 e. The van der Waals surface area contributed by atoms with Gasteiger partial charge in [0, 0.05) is 19.2 Å². The van der Waals surface area contributed by atoms with Gasteiger partial charge in [0.05, 0.1) is 17.6 Å². The maximum absolute atomic E-state index is 12.7. The summed E-state index contributed by atoms with van der Waals surface area (Å²) in [4.78, 5) is 14.3. The number of unbranched alkanes of at least 4 members (excludes halogenated alkanes) is 13. The molecule has 0 saturated carbocycles. The molecule has 1 saturated heterocycles. The lowest BCUT2D eigenvalue weighted by atomic mass is 9.97. The van der Waals surface area contributed by atoms with Crippen molar-refractivity contribution in [1.29, 1.82) is 0 Å². The van der Waals surface area contributed by atoms with Crippen LogP contribution in [0.4, 0.5) is 0 Å². The maximum atomic E-state index is 12.7. The Labute approximate surface area is 272 Å². The van der Waals surface area contributed by atoms with Crippen LogP contribution in [0.25, 0.3) is 0 Å². The summed E-state index contributed by atoms with van der Waals surface area (Å²) < 4.78 is 42.2. The number of carbonyl (C=O) groups is 1. The third-order valence-corrected chi connectivity index (χ3v) is 10.9. The fourth-order valence-corrected chi connectivity index (χ4v) is 7.92. The Morgan fingerprint density at radius 3 is 2.23 bits per heavy atom. The molecule has 44 heavy (non-hydrogen) atoms. The summed E-state index contributed by atoms with van der Waals surface area (Å²) in [7, 11) is -3.84. The molecule has 250 valence electrons. The second-order valence-corrected chi connectivity index (χ2v) is 15.1. The monoisotopic (exact) mass is 651 g/mol. The summed E-state index contributed by atoms with van der Waals surface area (Å²) in [6.45, 7) is 5.99. The first-order valence-electron chi connectivity index (χ1n) is 17.2. The number of esters is 1. The van der Waals surface area contributed by atoms with Crippen molar-refractivity contribution in [1.82, 2.24) is 4.90 Å². The highest BCUT2D eigenvalue weighted by atomic mass is 32.2. The van der Waals surface area contributed by atoms with Gasteiger partial charge in [0.25, 0.3) is 10.1 Å². The van der Waals surface area contributed by atoms with Crippen LogP contribution in [0.3, 0.4) is 0 Å². The van der Waals surface area contributed by atoms with Crippen molar-refractivity contribution >= 4 is 27.8 Å². The summed E-state index contributed by atoms with van der Waals surface area (Å²) in [5, 5.41) is 1.85. The van der Waals surface area contributed by atoms with Crippen molar-refractivity contribution in [3.8, 4) is 0 Å². The molecule has 1 fully saturated rings. The molecule has 1 aromatic carbocycles. The zero-order chi connectivity index (χ0) is 31.5. The van der Waals surface area contributed by atoms with Gasteiger partial charge < -0.3 is 14.4 Å². The highest BCUT2D eigenvalue weighted by Gasteiger charge is 2.28. The Bertz CT molecular complexity index is 1060. The Hall–Kier alpha value is -1.55. The minimum absolute atomic E-state index is 0.0360. The molecule has 2 aliphatic heterocycles. The zero-order valence-corrected chi connectivity index (χ0v) is 28.9. The Morgan fingerprint density at radius 2 is 1.55 bits per heavy atom. The van der Waals surface area contributed by atoms with E-state index in [9.17, 15) is 13.2 Å². The predicted molar refractivity (Wildman–Crippen MR) is 180 cm³/mol. The first-order valence-corrected chi connectivity index (χ1v) is 19.6. The van der Waals surface area contributed by atoms with Crippen molar-refractivity contribution in [2.45, 2.75) is 146 Å². The van der Waals surface area contributed by atoms with Gasteiger partial charge in [0.15, 0.2) is 0 Å². The third kappa shape index (κ3) is 14.7. The molecule has 1 aromatic rings. The van der Waals surface area contributed by atoms with Crippen LogP contribution in [0.2, 0.25) is 0 Å². The van der Waals surface area contributed by atoms with Crippen LogP contribution < -0.4 is 0 Å². The standard InChI is InChI=1S/C35H57NO6S2/c1-3-4-5-6-7-8-9-10-11-12-13-15-18-31-27-32(40-28-31)29-41-34(37)19-16-14-17-24-36-25-26-43-35(36)42-44(38,39)33-22-20-30(2)21-23-33/h20-23,25-26,31-32,35H,3-19,24,27-29H2,1-2H3. The van der Waals surface area contributed by atoms with Crippen molar-refractivity contribution in [3.05, 3.63) is 41.4 Å². The smallest absolute Gasteiger partial charge is 0.305 e. The average Bonchev–Trinajstić information content (AvgIpc) is 3.65. The van der Waals surface area contributed by atoms with Gasteiger partial charge in [0.1, 0.15) is 6.61 Å². The van der Waals surface area contributed by atoms with Gasteiger partial charge in [-0.2, -0.15) is 8.42 Å². The molecule has 3 atom stereocenters. The van der Waals surface area contributed by atoms with Crippen LogP contribution in [0.15, 0.2) is 40.8 Å². The minimum atomic E-state index is -3.84. The fourth-order valence-electron chi connectivity index (χ4n) is 5.83. The van der Waals surface area contributed by atoms with Gasteiger partial charge in [-0.1, -0.05) is 120 Å². The van der Waals surface area contributed by atoms with Crippen LogP contribution in [0.5, 0.6) is 0 Å². The van der Waals surface area contributed by atoms with E-state index in [0.717, 1.165) is 37.9 Å². The van der Waals surface area contributed by atoms with Crippen LogP contribution in [0, 0.1) is 12.8 Å². The summed E-state index contributed by atoms with van der Waals surface area (Å²) in [6.07, 6.45) is 23.4. The molecule has 0 amide bonds. The number of nitrogens with zero attached hydrogens (tertiary/aromatic N) is 1. The molecule has 9 heteroatoms. The molecule has 3 unspecified atom stereocenters. The molecule has 0 radical (unpaired) electrons. The van der Waals surface area contributed by atoms with Crippen LogP contribution in [0.1, 0.15) is 128 Å². The van der Waals surface area contributed by atoms with E-state index in [1.807, 2.05) is 23.4 Å². The summed E-state index contributed by atoms with van der Waals surface area (Å²) in [5.74, 6) is 0.430. The van der Waals surface area contributed by atoms with E-state index in [-0.39, 0.29) is 17.0 Å². The Morgan fingerprint density at radius 1 is 0.909 bits per heavy atom. The van der Waals surface area contributed by atoms with Gasteiger partial charge in [0.2, 0.25) is 5.56 Å². The Balaban J connectivity index is 1.15. The average molecular weight is 652 g/mol. The number of hydrogen-bond acceptors (Lipinski definition) is 8. The molecular weight excluding hydrogens is 595 g/mol. The van der Waals surface area contributed by atoms with E-state index < -0.39 is 15.7 Å². The fraction of sp³-hybridized carbons (Fsp3) is 0.743. The normalized spacial score (nSPS) is 20.0. The lowest BCUT2D eigenvalue weighted by molar-refractivity contribution is -0.147. The first-order chi connectivity index (χ1) is 21.4. The highest BCUT2D eigenvalue weighted by molar-refractivity contribution is 8.03. The molecule has 3 rings (SSSR count). The van der Waals surface area contributed by atoms with Gasteiger partial charge >= 0.3 is 5.97 Å². The Kier molecular flexibility index (Phi) is 17.9. The maximum Gasteiger partial charge on any atom is 0.305 e. The quantitative estimate of drug-likeness (QED) is 0.0622. The number of ether oxygens (including phenoxy) is 2. The summed E-state index contributed by atoms with van der Waals surface area (Å²) in [6, 6.07) is 6.66. The number of aryl methyl sites for hydroxylation is 1. The van der Waals surface area contributed by atoms with Crippen molar-refractivity contribution in [2.75, 3.05) is 19.8 Å². The molecule has 2 aliphatic rings. The van der Waals surface area contributed by atoms with E-state index in [2.05, 4.69) is 6.92 Å². The van der Waals surface area contributed by atoms with Crippen molar-refractivity contribution < 1.29 is 26.9 Å². The first kappa shape index (κ1) is 36.9. The van der Waals surface area contributed by atoms with E-state index in [1.54, 1.807) is 24.3 Å². The van der Waals surface area contributed by atoms with Crippen LogP contribution in [-0.4, -0.2) is 50.7 Å². The van der Waals surface area contributed by atoms with E-state index in [4.69, 9.17) is 13.7 Å². The molecule has 2 heterocycles. The molecular formula is C35H57NO6S2. The molecule has 0 spiro atoms. The number of rotatable bonds is 24. The number of hydrogen-bond donors (Lipinski definition) is 0. The third-order valence-electron chi connectivity index (χ3n) is 8.59. The summed E-state index contributed by atoms with van der Waals surface area (Å²) >= 11 is 1.33. The molecule has 0 N–H and O–H groups in total. The predicted octanol–water partition coefficient (Wildman–Crippen LogP) is 9.10. The van der Waals surface area contributed by atoms with Crippen molar-refractivity contribution in [3.63, 3.8) is 0 Å². The number of benzene rings is 1. The zero-order valence-electron chi connectivity index (χ0n) is 27.3. The van der Waals surface area contributed by atoms with E-state index >= 15 is 0 Å². The number of thioether (sulfide) groups is 1. The highest BCUT2D eigenvalue weighted by Crippen LogP contribution is 2.30. The molecule has 7 nitrogen and oxygen atoms in total.